The molecule has 0 aliphatic heterocycles. The first kappa shape index (κ1) is 15.1. The number of nitrogens with one attached hydrogen (secondary N) is 2. The number of nitrogens with zero attached hydrogens (tertiary/aromatic N) is 4. The summed E-state index contributed by atoms with van der Waals surface area (Å²) in [4.78, 5) is 28.5. The number of nitro benzene ring substituents is 1. The average Bonchev–Trinajstić information content (AvgIpc) is 2.48. The second kappa shape index (κ2) is 6.92. The van der Waals surface area contributed by atoms with Crippen molar-refractivity contribution in [2.45, 2.75) is 0 Å². The number of aromatic amines is 1. The number of non-ortho nitro benzene ring substituents is 1. The van der Waals surface area contributed by atoms with Crippen LogP contribution in [-0.4, -0.2) is 44.5 Å². The van der Waals surface area contributed by atoms with Crippen LogP contribution in [0.5, 0.6) is 5.75 Å². The lowest BCUT2D eigenvalue weighted by molar-refractivity contribution is -0.384. The molecule has 1 aromatic heterocycles. The number of aromatic hydroxyl groups is 1. The minimum absolute atomic E-state index is 0.191. The van der Waals surface area contributed by atoms with E-state index in [-0.39, 0.29) is 11.4 Å². The molecule has 0 saturated carbocycles. The summed E-state index contributed by atoms with van der Waals surface area (Å²) in [6.07, 6.45) is 2.78. The third-order valence-electron chi connectivity index (χ3n) is 2.57. The number of hydrogen-bond acceptors (Lipinski definition) is 8. The van der Waals surface area contributed by atoms with Crippen LogP contribution in [-0.2, 0) is 0 Å². The number of rotatable bonds is 6. The summed E-state index contributed by atoms with van der Waals surface area (Å²) in [5, 5.41) is 28.8. The van der Waals surface area contributed by atoms with Crippen molar-refractivity contribution >= 4 is 17.7 Å². The van der Waals surface area contributed by atoms with Crippen LogP contribution in [0.15, 0.2) is 34.2 Å². The fourth-order valence-corrected chi connectivity index (χ4v) is 1.56. The van der Waals surface area contributed by atoms with Crippen molar-refractivity contribution in [3.63, 3.8) is 0 Å². The SMILES string of the molecule is O=c1nc(NCCN=Cc2ccc([N+](=O)[O-])cc2O)cn[nH]1. The molecule has 0 fully saturated rings. The van der Waals surface area contributed by atoms with E-state index in [0.29, 0.717) is 24.5 Å². The van der Waals surface area contributed by atoms with Gasteiger partial charge in [0.25, 0.3) is 5.69 Å². The second-order valence-corrected chi connectivity index (χ2v) is 4.13. The molecule has 0 amide bonds. The standard InChI is InChI=1S/C12H12N6O4/c19-10-5-9(18(21)22)2-1-8(10)6-13-3-4-14-11-7-15-17-12(20)16-11/h1-2,5-7,19H,3-4H2,(H2,14,16,17,20). The van der Waals surface area contributed by atoms with Crippen molar-refractivity contribution < 1.29 is 10.0 Å². The fraction of sp³-hybridized carbons (Fsp3) is 0.167. The Labute approximate surface area is 123 Å². The van der Waals surface area contributed by atoms with Crippen molar-refractivity contribution in [2.24, 2.45) is 4.99 Å². The summed E-state index contributed by atoms with van der Waals surface area (Å²) in [5.74, 6) is 0.114. The molecule has 0 unspecified atom stereocenters. The van der Waals surface area contributed by atoms with E-state index in [1.54, 1.807) is 0 Å². The Morgan fingerprint density at radius 1 is 1.50 bits per heavy atom. The van der Waals surface area contributed by atoms with Gasteiger partial charge in [0.15, 0.2) is 5.82 Å². The van der Waals surface area contributed by atoms with Gasteiger partial charge in [-0.05, 0) is 6.07 Å². The molecular weight excluding hydrogens is 292 g/mol. The molecule has 2 aromatic rings. The van der Waals surface area contributed by atoms with Gasteiger partial charge in [-0.2, -0.15) is 10.1 Å². The number of aromatic nitrogens is 3. The third-order valence-corrected chi connectivity index (χ3v) is 2.57. The molecule has 0 aliphatic rings. The van der Waals surface area contributed by atoms with Gasteiger partial charge in [0, 0.05) is 24.4 Å². The Balaban J connectivity index is 1.88. The van der Waals surface area contributed by atoms with Gasteiger partial charge in [0.05, 0.1) is 23.7 Å². The van der Waals surface area contributed by atoms with Gasteiger partial charge in [-0.25, -0.2) is 9.89 Å². The topological polar surface area (TPSA) is 146 Å². The first-order valence-electron chi connectivity index (χ1n) is 6.19. The zero-order valence-corrected chi connectivity index (χ0v) is 11.3. The van der Waals surface area contributed by atoms with Crippen LogP contribution < -0.4 is 11.0 Å². The van der Waals surface area contributed by atoms with Gasteiger partial charge in [-0.1, -0.05) is 0 Å². The Hall–Kier alpha value is -3.30. The van der Waals surface area contributed by atoms with Gasteiger partial charge < -0.3 is 10.4 Å². The highest BCUT2D eigenvalue weighted by atomic mass is 16.6. The summed E-state index contributed by atoms with van der Waals surface area (Å²) in [6, 6.07) is 3.75. The molecule has 0 radical (unpaired) electrons. The molecule has 0 spiro atoms. The number of H-pyrrole nitrogens is 1. The Morgan fingerprint density at radius 2 is 2.32 bits per heavy atom. The first-order valence-corrected chi connectivity index (χ1v) is 6.19. The van der Waals surface area contributed by atoms with Crippen LogP contribution in [0.25, 0.3) is 0 Å². The van der Waals surface area contributed by atoms with Crippen molar-refractivity contribution in [3.8, 4) is 5.75 Å². The van der Waals surface area contributed by atoms with Crippen molar-refractivity contribution in [1.29, 1.82) is 0 Å². The monoisotopic (exact) mass is 304 g/mol. The minimum Gasteiger partial charge on any atom is -0.507 e. The molecule has 1 heterocycles. The number of phenolic OH excluding ortho intramolecular Hbond substituents is 1. The molecular formula is C12H12N6O4. The maximum Gasteiger partial charge on any atom is 0.363 e. The number of nitro groups is 1. The van der Waals surface area contributed by atoms with Crippen LogP contribution in [0, 0.1) is 10.1 Å². The van der Waals surface area contributed by atoms with E-state index in [9.17, 15) is 20.0 Å². The van der Waals surface area contributed by atoms with Gasteiger partial charge in [0.2, 0.25) is 0 Å². The van der Waals surface area contributed by atoms with E-state index in [2.05, 4.69) is 25.5 Å². The summed E-state index contributed by atoms with van der Waals surface area (Å²) in [7, 11) is 0. The molecule has 1 aromatic carbocycles. The lowest BCUT2D eigenvalue weighted by Crippen LogP contribution is -2.16. The van der Waals surface area contributed by atoms with E-state index >= 15 is 0 Å². The highest BCUT2D eigenvalue weighted by Gasteiger charge is 2.08. The van der Waals surface area contributed by atoms with Crippen molar-refractivity contribution in [3.05, 3.63) is 50.6 Å². The number of hydrogen-bond donors (Lipinski definition) is 3. The molecule has 22 heavy (non-hydrogen) atoms. The van der Waals surface area contributed by atoms with Crippen molar-refractivity contribution in [1.82, 2.24) is 15.2 Å². The fourth-order valence-electron chi connectivity index (χ4n) is 1.56. The molecule has 10 heteroatoms. The molecule has 114 valence electrons. The van der Waals surface area contributed by atoms with Crippen LogP contribution >= 0.6 is 0 Å². The average molecular weight is 304 g/mol. The van der Waals surface area contributed by atoms with E-state index in [4.69, 9.17) is 0 Å². The highest BCUT2D eigenvalue weighted by molar-refractivity contribution is 5.83. The molecule has 0 atom stereocenters. The first-order chi connectivity index (χ1) is 10.6. The zero-order valence-electron chi connectivity index (χ0n) is 11.3. The van der Waals surface area contributed by atoms with Gasteiger partial charge in [-0.15, -0.1) is 0 Å². The summed E-state index contributed by atoms with van der Waals surface area (Å²) in [6.45, 7) is 0.757. The quantitative estimate of drug-likeness (QED) is 0.301. The zero-order chi connectivity index (χ0) is 15.9. The number of benzene rings is 1. The summed E-state index contributed by atoms with van der Waals surface area (Å²) >= 11 is 0. The van der Waals surface area contributed by atoms with E-state index in [1.165, 1.54) is 24.5 Å². The Kier molecular flexibility index (Phi) is 4.75. The van der Waals surface area contributed by atoms with Crippen LogP contribution in [0.1, 0.15) is 5.56 Å². The lowest BCUT2D eigenvalue weighted by Gasteiger charge is -2.01. The summed E-state index contributed by atoms with van der Waals surface area (Å²) < 4.78 is 0. The molecule has 0 aliphatic carbocycles. The molecule has 2 rings (SSSR count). The Bertz CT molecular complexity index is 757. The van der Waals surface area contributed by atoms with Gasteiger partial charge in [-0.3, -0.25) is 15.1 Å². The molecule has 10 nitrogen and oxygen atoms in total. The van der Waals surface area contributed by atoms with Crippen LogP contribution in [0.2, 0.25) is 0 Å². The highest BCUT2D eigenvalue weighted by Crippen LogP contribution is 2.21. The van der Waals surface area contributed by atoms with Crippen molar-refractivity contribution in [2.75, 3.05) is 18.4 Å². The smallest absolute Gasteiger partial charge is 0.363 e. The van der Waals surface area contributed by atoms with E-state index in [1.807, 2.05) is 0 Å². The van der Waals surface area contributed by atoms with Gasteiger partial charge >= 0.3 is 5.69 Å². The largest absolute Gasteiger partial charge is 0.507 e. The molecule has 0 bridgehead atoms. The maximum atomic E-state index is 10.9. The van der Waals surface area contributed by atoms with E-state index in [0.717, 1.165) is 6.07 Å². The predicted octanol–water partition coefficient (Wildman–Crippen LogP) is 0.310. The van der Waals surface area contributed by atoms with E-state index < -0.39 is 10.6 Å². The number of phenols is 1. The Morgan fingerprint density at radius 3 is 3.00 bits per heavy atom. The summed E-state index contributed by atoms with van der Waals surface area (Å²) in [5.41, 5.74) is -0.366. The third kappa shape index (κ3) is 4.10. The van der Waals surface area contributed by atoms with Gasteiger partial charge in [0.1, 0.15) is 5.75 Å². The normalized spacial score (nSPS) is 10.7. The number of aliphatic imine (C=N–C) groups is 1. The number of anilines is 1. The molecule has 0 saturated heterocycles. The van der Waals surface area contributed by atoms with Crippen LogP contribution in [0.3, 0.4) is 0 Å². The maximum absolute atomic E-state index is 10.9. The lowest BCUT2D eigenvalue weighted by atomic mass is 10.2. The predicted molar refractivity (Wildman–Crippen MR) is 78.4 cm³/mol. The minimum atomic E-state index is -0.590. The molecule has 3 N–H and O–H groups in total. The van der Waals surface area contributed by atoms with Crippen LogP contribution in [0.4, 0.5) is 11.5 Å². The second-order valence-electron chi connectivity index (χ2n) is 4.13.